The Morgan fingerprint density at radius 3 is 2.50 bits per heavy atom. The van der Waals surface area contributed by atoms with E-state index in [1.807, 2.05) is 61.5 Å². The van der Waals surface area contributed by atoms with Gasteiger partial charge in [-0.05, 0) is 61.0 Å². The van der Waals surface area contributed by atoms with Crippen LogP contribution in [0.2, 0.25) is 0 Å². The van der Waals surface area contributed by atoms with Gasteiger partial charge in [0.1, 0.15) is 24.0 Å². The van der Waals surface area contributed by atoms with Gasteiger partial charge in [0.25, 0.3) is 5.91 Å². The zero-order valence-corrected chi connectivity index (χ0v) is 19.3. The molecule has 150 valence electrons. The fourth-order valence-corrected chi connectivity index (χ4v) is 3.41. The summed E-state index contributed by atoms with van der Waals surface area (Å²) in [5.41, 5.74) is 3.43. The molecule has 1 N–H and O–H groups in total. The number of nitrogens with one attached hydrogen (secondary N) is 1. The predicted octanol–water partition coefficient (Wildman–Crippen LogP) is 6.64. The molecule has 0 spiro atoms. The number of anilines is 1. The highest BCUT2D eigenvalue weighted by molar-refractivity contribution is 9.10. The van der Waals surface area contributed by atoms with Crippen molar-refractivity contribution < 1.29 is 9.53 Å². The number of nitriles is 1. The van der Waals surface area contributed by atoms with Gasteiger partial charge in [0.15, 0.2) is 0 Å². The molecule has 0 bridgehead atoms. The van der Waals surface area contributed by atoms with Gasteiger partial charge in [-0.1, -0.05) is 61.7 Å². The highest BCUT2D eigenvalue weighted by Gasteiger charge is 2.12. The van der Waals surface area contributed by atoms with Gasteiger partial charge in [0.2, 0.25) is 0 Å². The second-order valence-corrected chi connectivity index (χ2v) is 8.42. The first-order valence-corrected chi connectivity index (χ1v) is 10.7. The fraction of sp³-hybridized carbons (Fsp3) is 0.0833. The molecule has 0 radical (unpaired) electrons. The standard InChI is InChI=1S/C24H18Br2N2O2/c1-16-3-2-4-17(11-16)15-30-23-10-7-21(26)13-18(23)12-19(14-27)24(29)28-22-8-5-20(25)6-9-22/h2-13H,15H2,1H3,(H,28,29)/b19-12+. The lowest BCUT2D eigenvalue weighted by atomic mass is 10.1. The number of benzene rings is 3. The van der Waals surface area contributed by atoms with E-state index in [2.05, 4.69) is 43.2 Å². The summed E-state index contributed by atoms with van der Waals surface area (Å²) >= 11 is 6.79. The topological polar surface area (TPSA) is 62.1 Å². The van der Waals surface area contributed by atoms with E-state index in [0.29, 0.717) is 23.6 Å². The number of carbonyl (C=O) groups excluding carboxylic acids is 1. The SMILES string of the molecule is Cc1cccc(COc2ccc(Br)cc2/C=C(\C#N)C(=O)Nc2ccc(Br)cc2)c1. The summed E-state index contributed by atoms with van der Waals surface area (Å²) in [6.07, 6.45) is 1.53. The lowest BCUT2D eigenvalue weighted by Gasteiger charge is -2.11. The van der Waals surface area contributed by atoms with E-state index >= 15 is 0 Å². The maximum absolute atomic E-state index is 12.6. The first-order valence-electron chi connectivity index (χ1n) is 9.11. The average Bonchev–Trinajstić information content (AvgIpc) is 2.73. The van der Waals surface area contributed by atoms with Crippen LogP contribution in [0.15, 0.2) is 81.2 Å². The number of rotatable bonds is 6. The van der Waals surface area contributed by atoms with Gasteiger partial charge in [-0.3, -0.25) is 4.79 Å². The highest BCUT2D eigenvalue weighted by Crippen LogP contribution is 2.27. The Morgan fingerprint density at radius 2 is 1.80 bits per heavy atom. The molecule has 0 aromatic heterocycles. The van der Waals surface area contributed by atoms with Gasteiger partial charge >= 0.3 is 0 Å². The van der Waals surface area contributed by atoms with Gasteiger partial charge in [0.05, 0.1) is 0 Å². The van der Waals surface area contributed by atoms with Crippen molar-refractivity contribution in [3.63, 3.8) is 0 Å². The summed E-state index contributed by atoms with van der Waals surface area (Å²) in [6, 6.07) is 22.7. The van der Waals surface area contributed by atoms with Crippen LogP contribution in [-0.4, -0.2) is 5.91 Å². The number of ether oxygens (including phenoxy) is 1. The number of hydrogen-bond donors (Lipinski definition) is 1. The van der Waals surface area contributed by atoms with Gasteiger partial charge < -0.3 is 10.1 Å². The zero-order chi connectivity index (χ0) is 21.5. The monoisotopic (exact) mass is 524 g/mol. The highest BCUT2D eigenvalue weighted by atomic mass is 79.9. The number of carbonyl (C=O) groups is 1. The molecule has 0 saturated heterocycles. The minimum absolute atomic E-state index is 0.0172. The van der Waals surface area contributed by atoms with Crippen LogP contribution in [0.25, 0.3) is 6.08 Å². The van der Waals surface area contributed by atoms with Gasteiger partial charge in [0, 0.05) is 20.2 Å². The van der Waals surface area contributed by atoms with Crippen molar-refractivity contribution in [1.29, 1.82) is 5.26 Å². The number of amides is 1. The van der Waals surface area contributed by atoms with E-state index < -0.39 is 5.91 Å². The zero-order valence-electron chi connectivity index (χ0n) is 16.2. The van der Waals surface area contributed by atoms with Crippen LogP contribution in [0.5, 0.6) is 5.75 Å². The van der Waals surface area contributed by atoms with Crippen LogP contribution in [-0.2, 0) is 11.4 Å². The summed E-state index contributed by atoms with van der Waals surface area (Å²) in [4.78, 5) is 12.6. The van der Waals surface area contributed by atoms with Gasteiger partial charge in [-0.25, -0.2) is 0 Å². The molecule has 3 aromatic carbocycles. The number of nitrogens with zero attached hydrogens (tertiary/aromatic N) is 1. The van der Waals surface area contributed by atoms with E-state index in [-0.39, 0.29) is 5.57 Å². The normalized spacial score (nSPS) is 10.9. The largest absolute Gasteiger partial charge is 0.488 e. The van der Waals surface area contributed by atoms with Crippen LogP contribution in [0.3, 0.4) is 0 Å². The van der Waals surface area contributed by atoms with Crippen LogP contribution >= 0.6 is 31.9 Å². The fourth-order valence-electron chi connectivity index (χ4n) is 2.76. The smallest absolute Gasteiger partial charge is 0.266 e. The number of aryl methyl sites for hydroxylation is 1. The van der Waals surface area contributed by atoms with Gasteiger partial charge in [-0.2, -0.15) is 5.26 Å². The molecule has 6 heteroatoms. The third-order valence-corrected chi connectivity index (χ3v) is 5.24. The van der Waals surface area contributed by atoms with Crippen molar-refractivity contribution in [2.75, 3.05) is 5.32 Å². The molecule has 0 aliphatic heterocycles. The van der Waals surface area contributed by atoms with Crippen LogP contribution in [0, 0.1) is 18.3 Å². The van der Waals surface area contributed by atoms with E-state index in [1.165, 1.54) is 6.08 Å². The minimum Gasteiger partial charge on any atom is -0.488 e. The molecule has 0 heterocycles. The molecular weight excluding hydrogens is 508 g/mol. The molecule has 0 aliphatic carbocycles. The maximum Gasteiger partial charge on any atom is 0.266 e. The molecule has 0 saturated carbocycles. The summed E-state index contributed by atoms with van der Waals surface area (Å²) < 4.78 is 7.70. The molecule has 0 unspecified atom stereocenters. The Morgan fingerprint density at radius 1 is 1.07 bits per heavy atom. The van der Waals surface area contributed by atoms with Crippen molar-refractivity contribution in [1.82, 2.24) is 0 Å². The second-order valence-electron chi connectivity index (χ2n) is 6.59. The summed E-state index contributed by atoms with van der Waals surface area (Å²) in [5, 5.41) is 12.3. The van der Waals surface area contributed by atoms with Crippen molar-refractivity contribution in [3.8, 4) is 11.8 Å². The number of hydrogen-bond acceptors (Lipinski definition) is 3. The van der Waals surface area contributed by atoms with E-state index in [1.54, 1.807) is 12.1 Å². The molecule has 3 aromatic rings. The molecular formula is C24H18Br2N2O2. The van der Waals surface area contributed by atoms with Crippen LogP contribution in [0.1, 0.15) is 16.7 Å². The van der Waals surface area contributed by atoms with Crippen LogP contribution < -0.4 is 10.1 Å². The van der Waals surface area contributed by atoms with Crippen molar-refractivity contribution in [2.45, 2.75) is 13.5 Å². The first-order chi connectivity index (χ1) is 14.4. The third kappa shape index (κ3) is 6.06. The average molecular weight is 526 g/mol. The Balaban J connectivity index is 1.82. The Kier molecular flexibility index (Phi) is 7.45. The Labute approximate surface area is 192 Å². The molecule has 4 nitrogen and oxygen atoms in total. The molecule has 30 heavy (non-hydrogen) atoms. The third-order valence-electron chi connectivity index (χ3n) is 4.22. The molecule has 0 atom stereocenters. The molecule has 0 fully saturated rings. The predicted molar refractivity (Wildman–Crippen MR) is 126 cm³/mol. The molecule has 1 amide bonds. The number of halogens is 2. The van der Waals surface area contributed by atoms with Crippen LogP contribution in [0.4, 0.5) is 5.69 Å². The summed E-state index contributed by atoms with van der Waals surface area (Å²) in [7, 11) is 0. The second kappa shape index (κ2) is 10.2. The molecule has 0 aliphatic rings. The summed E-state index contributed by atoms with van der Waals surface area (Å²) in [5.74, 6) is 0.105. The van der Waals surface area contributed by atoms with Gasteiger partial charge in [-0.15, -0.1) is 0 Å². The Hall–Kier alpha value is -2.88. The van der Waals surface area contributed by atoms with E-state index in [0.717, 1.165) is 20.1 Å². The lowest BCUT2D eigenvalue weighted by Crippen LogP contribution is -2.13. The maximum atomic E-state index is 12.6. The van der Waals surface area contributed by atoms with Crippen molar-refractivity contribution in [3.05, 3.63) is 97.9 Å². The van der Waals surface area contributed by atoms with Crippen molar-refractivity contribution >= 4 is 49.5 Å². The quantitative estimate of drug-likeness (QED) is 0.289. The van der Waals surface area contributed by atoms with Crippen molar-refractivity contribution in [2.24, 2.45) is 0 Å². The Bertz CT molecular complexity index is 1130. The van der Waals surface area contributed by atoms with E-state index in [9.17, 15) is 10.1 Å². The van der Waals surface area contributed by atoms with E-state index in [4.69, 9.17) is 4.74 Å². The molecule has 3 rings (SSSR count). The summed E-state index contributed by atoms with van der Waals surface area (Å²) in [6.45, 7) is 2.41. The first kappa shape index (κ1) is 21.8. The lowest BCUT2D eigenvalue weighted by molar-refractivity contribution is -0.112. The minimum atomic E-state index is -0.482.